The average molecular weight is 401 g/mol. The van der Waals surface area contributed by atoms with Gasteiger partial charge in [-0.15, -0.1) is 0 Å². The van der Waals surface area contributed by atoms with Crippen LogP contribution in [0.4, 0.5) is 5.82 Å². The number of aliphatic hydroxyl groups is 2. The van der Waals surface area contributed by atoms with Crippen molar-refractivity contribution < 1.29 is 19.7 Å². The molecule has 1 amide bonds. The molecule has 28 heavy (non-hydrogen) atoms. The number of aliphatic hydroxyl groups excluding tert-OH is 2. The predicted octanol–water partition coefficient (Wildman–Crippen LogP) is 1.06. The zero-order chi connectivity index (χ0) is 19.7. The van der Waals surface area contributed by atoms with Crippen LogP contribution >= 0.6 is 11.8 Å². The summed E-state index contributed by atoms with van der Waals surface area (Å²) in [5.74, 6) is -0.0134. The van der Waals surface area contributed by atoms with Gasteiger partial charge in [-0.2, -0.15) is 11.8 Å². The summed E-state index contributed by atoms with van der Waals surface area (Å²) in [5, 5.41) is 22.3. The van der Waals surface area contributed by atoms with Crippen LogP contribution < -0.4 is 5.32 Å². The number of hydrogen-bond donors (Lipinski definition) is 3. The van der Waals surface area contributed by atoms with E-state index in [1.807, 2.05) is 12.3 Å². The second-order valence-corrected chi connectivity index (χ2v) is 7.32. The summed E-state index contributed by atoms with van der Waals surface area (Å²) in [4.78, 5) is 25.2. The van der Waals surface area contributed by atoms with Crippen LogP contribution in [0.2, 0.25) is 0 Å². The Balaban J connectivity index is 1.66. The topological polar surface area (TPSA) is 122 Å². The summed E-state index contributed by atoms with van der Waals surface area (Å²) < 4.78 is 7.51. The van der Waals surface area contributed by atoms with Crippen molar-refractivity contribution in [2.24, 2.45) is 0 Å². The van der Waals surface area contributed by atoms with Gasteiger partial charge in [0, 0.05) is 5.56 Å². The second-order valence-electron chi connectivity index (χ2n) is 6.31. The number of aromatic nitrogens is 4. The molecule has 1 aromatic carbocycles. The molecule has 10 heteroatoms. The minimum atomic E-state index is -0.818. The maximum atomic E-state index is 12.4. The largest absolute Gasteiger partial charge is 0.394 e. The molecule has 1 aliphatic heterocycles. The Hall–Kier alpha value is -2.53. The van der Waals surface area contributed by atoms with E-state index in [4.69, 9.17) is 4.74 Å². The first kappa shape index (κ1) is 18.8. The van der Waals surface area contributed by atoms with E-state index in [0.717, 1.165) is 0 Å². The Morgan fingerprint density at radius 1 is 1.29 bits per heavy atom. The third-order valence-corrected chi connectivity index (χ3v) is 5.72. The Kier molecular flexibility index (Phi) is 5.27. The van der Waals surface area contributed by atoms with Crippen LogP contribution in [0.1, 0.15) is 16.6 Å². The number of nitrogens with one attached hydrogen (secondary N) is 1. The highest BCUT2D eigenvalue weighted by Gasteiger charge is 2.44. The Morgan fingerprint density at radius 2 is 2.07 bits per heavy atom. The molecule has 4 atom stereocenters. The van der Waals surface area contributed by atoms with Crippen molar-refractivity contribution in [2.45, 2.75) is 23.7 Å². The molecule has 0 aliphatic carbocycles. The lowest BCUT2D eigenvalue weighted by Gasteiger charge is -2.19. The zero-order valence-corrected chi connectivity index (χ0v) is 15.8. The van der Waals surface area contributed by atoms with Gasteiger partial charge in [-0.3, -0.25) is 9.36 Å². The fourth-order valence-electron chi connectivity index (χ4n) is 3.25. The fraction of sp³-hybridized carbons (Fsp3) is 0.333. The first-order chi connectivity index (χ1) is 13.6. The summed E-state index contributed by atoms with van der Waals surface area (Å²) in [6, 6.07) is 8.81. The van der Waals surface area contributed by atoms with Crippen LogP contribution in [0.15, 0.2) is 43.0 Å². The summed E-state index contributed by atoms with van der Waals surface area (Å²) >= 11 is 1.44. The van der Waals surface area contributed by atoms with Gasteiger partial charge in [-0.25, -0.2) is 15.0 Å². The first-order valence-electron chi connectivity index (χ1n) is 8.65. The molecule has 0 spiro atoms. The Morgan fingerprint density at radius 3 is 2.79 bits per heavy atom. The quantitative estimate of drug-likeness (QED) is 0.580. The predicted molar refractivity (Wildman–Crippen MR) is 104 cm³/mol. The summed E-state index contributed by atoms with van der Waals surface area (Å²) in [5.41, 5.74) is 1.38. The van der Waals surface area contributed by atoms with Crippen molar-refractivity contribution in [3.05, 3.63) is 48.5 Å². The van der Waals surface area contributed by atoms with Gasteiger partial charge >= 0.3 is 0 Å². The van der Waals surface area contributed by atoms with Crippen LogP contribution in [0, 0.1) is 0 Å². The molecule has 0 radical (unpaired) electrons. The van der Waals surface area contributed by atoms with Gasteiger partial charge in [-0.1, -0.05) is 18.2 Å². The minimum Gasteiger partial charge on any atom is -0.394 e. The molecular weight excluding hydrogens is 382 g/mol. The van der Waals surface area contributed by atoms with Gasteiger partial charge in [0.15, 0.2) is 23.2 Å². The molecule has 3 N–H and O–H groups in total. The molecule has 9 nitrogen and oxygen atoms in total. The molecular formula is C18H19N5O4S. The normalized spacial score (nSPS) is 24.5. The summed E-state index contributed by atoms with van der Waals surface area (Å²) in [6.07, 6.45) is 2.69. The monoisotopic (exact) mass is 401 g/mol. The molecule has 4 rings (SSSR count). The third-order valence-electron chi connectivity index (χ3n) is 4.67. The van der Waals surface area contributed by atoms with Gasteiger partial charge in [0.25, 0.3) is 5.91 Å². The molecule has 1 saturated heterocycles. The molecule has 0 bridgehead atoms. The van der Waals surface area contributed by atoms with Crippen LogP contribution in [-0.2, 0) is 4.74 Å². The van der Waals surface area contributed by atoms with Crippen molar-refractivity contribution >= 4 is 34.7 Å². The molecule has 2 aromatic heterocycles. The number of amides is 1. The molecule has 3 heterocycles. The van der Waals surface area contributed by atoms with E-state index in [2.05, 4.69) is 20.3 Å². The van der Waals surface area contributed by atoms with Crippen LogP contribution in [0.25, 0.3) is 11.2 Å². The molecule has 146 valence electrons. The number of rotatable bonds is 5. The fourth-order valence-corrected chi connectivity index (χ4v) is 4.13. The van der Waals surface area contributed by atoms with Crippen molar-refractivity contribution in [3.8, 4) is 0 Å². The maximum Gasteiger partial charge on any atom is 0.256 e. The summed E-state index contributed by atoms with van der Waals surface area (Å²) in [6.45, 7) is -0.283. The first-order valence-corrected chi connectivity index (χ1v) is 9.94. The highest BCUT2D eigenvalue weighted by Crippen LogP contribution is 2.38. The van der Waals surface area contributed by atoms with Crippen LogP contribution in [-0.4, -0.2) is 66.0 Å². The van der Waals surface area contributed by atoms with E-state index in [9.17, 15) is 15.0 Å². The van der Waals surface area contributed by atoms with E-state index in [-0.39, 0.29) is 23.6 Å². The molecule has 1 fully saturated rings. The average Bonchev–Trinajstić information content (AvgIpc) is 3.29. The standard InChI is InChI=1S/C18H19N5O4S/c1-28-14-13(25)11(7-24)27-18(14)23-9-21-12-15(19-8-20-16(12)23)22-17(26)10-5-3-2-4-6-10/h2-6,8-9,11,13-14,18,24-25H,7H2,1H3,(H,19,20,22,26)/t11-,13-,14-,18-/m1/s1. The number of hydrogen-bond acceptors (Lipinski definition) is 8. The number of thioether (sulfide) groups is 1. The van der Waals surface area contributed by atoms with Gasteiger partial charge < -0.3 is 20.3 Å². The van der Waals surface area contributed by atoms with Crippen molar-refractivity contribution in [2.75, 3.05) is 18.2 Å². The lowest BCUT2D eigenvalue weighted by atomic mass is 10.2. The number of benzene rings is 1. The van der Waals surface area contributed by atoms with E-state index in [1.165, 1.54) is 24.4 Å². The highest BCUT2D eigenvalue weighted by atomic mass is 32.2. The highest BCUT2D eigenvalue weighted by molar-refractivity contribution is 7.99. The SMILES string of the molecule is CS[C@@H]1[C@H](O)[C@@H](CO)O[C@H]1n1cnc2c(NC(=O)c3ccccc3)ncnc21. The van der Waals surface area contributed by atoms with Gasteiger partial charge in [-0.05, 0) is 18.4 Å². The number of imidazole rings is 1. The van der Waals surface area contributed by atoms with Crippen LogP contribution in [0.3, 0.4) is 0 Å². The van der Waals surface area contributed by atoms with Crippen molar-refractivity contribution in [3.63, 3.8) is 0 Å². The van der Waals surface area contributed by atoms with E-state index in [0.29, 0.717) is 16.7 Å². The van der Waals surface area contributed by atoms with Crippen LogP contribution in [0.5, 0.6) is 0 Å². The number of anilines is 1. The second kappa shape index (κ2) is 7.84. The molecule has 1 aliphatic rings. The number of nitrogens with zero attached hydrogens (tertiary/aromatic N) is 4. The lowest BCUT2D eigenvalue weighted by Crippen LogP contribution is -2.31. The zero-order valence-electron chi connectivity index (χ0n) is 15.0. The van der Waals surface area contributed by atoms with Crippen molar-refractivity contribution in [1.29, 1.82) is 0 Å². The van der Waals surface area contributed by atoms with Gasteiger partial charge in [0.1, 0.15) is 12.4 Å². The van der Waals surface area contributed by atoms with E-state index >= 15 is 0 Å². The van der Waals surface area contributed by atoms with E-state index < -0.39 is 18.4 Å². The minimum absolute atomic E-state index is 0.283. The number of carbonyl (C=O) groups is 1. The summed E-state index contributed by atoms with van der Waals surface area (Å²) in [7, 11) is 0. The molecule has 0 saturated carbocycles. The van der Waals surface area contributed by atoms with Crippen molar-refractivity contribution in [1.82, 2.24) is 19.5 Å². The smallest absolute Gasteiger partial charge is 0.256 e. The van der Waals surface area contributed by atoms with Gasteiger partial charge in [0.05, 0.1) is 24.3 Å². The molecule has 3 aromatic rings. The lowest BCUT2D eigenvalue weighted by molar-refractivity contribution is -0.0430. The van der Waals surface area contributed by atoms with Gasteiger partial charge in [0.2, 0.25) is 0 Å². The Bertz CT molecular complexity index is 983. The number of fused-ring (bicyclic) bond motifs is 1. The van der Waals surface area contributed by atoms with E-state index in [1.54, 1.807) is 28.8 Å². The number of ether oxygens (including phenoxy) is 1. The molecule has 0 unspecified atom stereocenters. The maximum absolute atomic E-state index is 12.4. The number of carbonyl (C=O) groups excluding carboxylic acids is 1. The third kappa shape index (κ3) is 3.24. The Labute approximate surface area is 164 Å².